The second-order valence-electron chi connectivity index (χ2n) is 10.1. The highest BCUT2D eigenvalue weighted by Crippen LogP contribution is 2.42. The molecule has 0 radical (unpaired) electrons. The van der Waals surface area contributed by atoms with Crippen molar-refractivity contribution in [2.24, 2.45) is 10.8 Å². The van der Waals surface area contributed by atoms with Crippen molar-refractivity contribution in [3.8, 4) is 11.3 Å². The van der Waals surface area contributed by atoms with Crippen LogP contribution in [0.15, 0.2) is 36.7 Å². The molecule has 0 bridgehead atoms. The molecule has 3 aromatic rings. The van der Waals surface area contributed by atoms with Crippen molar-refractivity contribution in [1.29, 1.82) is 0 Å². The normalized spacial score (nSPS) is 22.5. The molecule has 9 heteroatoms. The van der Waals surface area contributed by atoms with Crippen molar-refractivity contribution in [3.05, 3.63) is 42.2 Å². The summed E-state index contributed by atoms with van der Waals surface area (Å²) in [6.07, 6.45) is 5.10. The first-order chi connectivity index (χ1) is 15.6. The summed E-state index contributed by atoms with van der Waals surface area (Å²) in [5, 5.41) is 0. The highest BCUT2D eigenvalue weighted by atomic mass is 127. The minimum Gasteiger partial charge on any atom is -0.371 e. The standard InChI is InChI=1S/C24H27IN4O3S/c1-23(2,13-25)21(30)18-11-26-22-20(18)28-19(12-27-22)16-4-3-5-17(10-16)29-8-6-24(14-29)7-9-33(31,32)15-24/h3-5,10-12H,6-9,13-15H2,1-2H3,(H,26,27). The van der Waals surface area contributed by atoms with Crippen molar-refractivity contribution in [2.45, 2.75) is 26.7 Å². The van der Waals surface area contributed by atoms with E-state index in [1.807, 2.05) is 26.0 Å². The molecule has 0 saturated carbocycles. The molecule has 2 saturated heterocycles. The van der Waals surface area contributed by atoms with Crippen molar-refractivity contribution < 1.29 is 13.2 Å². The van der Waals surface area contributed by atoms with Crippen LogP contribution in [0.4, 0.5) is 5.69 Å². The van der Waals surface area contributed by atoms with E-state index in [1.54, 1.807) is 12.4 Å². The van der Waals surface area contributed by atoms with Gasteiger partial charge in [-0.25, -0.2) is 18.4 Å². The van der Waals surface area contributed by atoms with Crippen LogP contribution >= 0.6 is 22.6 Å². The Morgan fingerprint density at radius 3 is 2.85 bits per heavy atom. The van der Waals surface area contributed by atoms with E-state index < -0.39 is 15.3 Å². The van der Waals surface area contributed by atoms with Crippen molar-refractivity contribution in [3.63, 3.8) is 0 Å². The smallest absolute Gasteiger partial charge is 0.172 e. The van der Waals surface area contributed by atoms with E-state index in [4.69, 9.17) is 4.98 Å². The Kier molecular flexibility index (Phi) is 5.55. The van der Waals surface area contributed by atoms with Gasteiger partial charge in [-0.05, 0) is 25.0 Å². The molecule has 1 atom stereocenters. The Bertz CT molecular complexity index is 1350. The number of fused-ring (bicyclic) bond motifs is 1. The molecular weight excluding hydrogens is 551 g/mol. The Hall–Kier alpha value is -2.01. The summed E-state index contributed by atoms with van der Waals surface area (Å²) < 4.78 is 24.8. The molecule has 2 aliphatic heterocycles. The van der Waals surface area contributed by atoms with Gasteiger partial charge >= 0.3 is 0 Å². The summed E-state index contributed by atoms with van der Waals surface area (Å²) in [4.78, 5) is 27.8. The number of ketones is 1. The number of aromatic nitrogens is 3. The van der Waals surface area contributed by atoms with Gasteiger partial charge < -0.3 is 9.88 Å². The summed E-state index contributed by atoms with van der Waals surface area (Å²) >= 11 is 2.24. The third-order valence-corrected chi connectivity index (χ3v) is 10.8. The van der Waals surface area contributed by atoms with Gasteiger partial charge in [0.2, 0.25) is 0 Å². The lowest BCUT2D eigenvalue weighted by Gasteiger charge is -2.24. The number of halogens is 1. The first kappa shape index (κ1) is 22.8. The molecule has 7 nitrogen and oxygen atoms in total. The molecule has 5 rings (SSSR count). The number of hydrogen-bond acceptors (Lipinski definition) is 6. The fourth-order valence-corrected chi connectivity index (χ4v) is 7.50. The summed E-state index contributed by atoms with van der Waals surface area (Å²) in [7, 11) is -2.91. The van der Waals surface area contributed by atoms with Crippen LogP contribution in [0.25, 0.3) is 22.4 Å². The predicted octanol–water partition coefficient (Wildman–Crippen LogP) is 4.28. The maximum absolute atomic E-state index is 13.1. The molecule has 0 amide bonds. The summed E-state index contributed by atoms with van der Waals surface area (Å²) in [6, 6.07) is 8.14. The van der Waals surface area contributed by atoms with E-state index in [-0.39, 0.29) is 11.2 Å². The number of benzene rings is 1. The van der Waals surface area contributed by atoms with E-state index in [9.17, 15) is 13.2 Å². The van der Waals surface area contributed by atoms with Crippen molar-refractivity contribution >= 4 is 55.1 Å². The van der Waals surface area contributed by atoms with Crippen LogP contribution in [0.2, 0.25) is 0 Å². The fourth-order valence-electron chi connectivity index (χ4n) is 4.95. The quantitative estimate of drug-likeness (QED) is 0.276. The first-order valence-electron chi connectivity index (χ1n) is 11.1. The molecule has 1 spiro atoms. The molecule has 2 aromatic heterocycles. The van der Waals surface area contributed by atoms with Gasteiger partial charge in [0.1, 0.15) is 5.52 Å². The topological polar surface area (TPSA) is 96.0 Å². The number of carbonyl (C=O) groups is 1. The lowest BCUT2D eigenvalue weighted by atomic mass is 9.87. The minimum atomic E-state index is -2.91. The maximum Gasteiger partial charge on any atom is 0.172 e. The van der Waals surface area contributed by atoms with Crippen LogP contribution < -0.4 is 4.90 Å². The number of Topliss-reactive ketones (excluding diaryl/α,β-unsaturated/α-hetero) is 1. The SMILES string of the molecule is CC(C)(CI)C(=O)c1c[nH]c2ncc(-c3cccc(N4CCC5(CCS(=O)(=O)C5)C4)c3)nc12. The van der Waals surface area contributed by atoms with E-state index in [2.05, 4.69) is 49.6 Å². The fraction of sp³-hybridized carbons (Fsp3) is 0.458. The van der Waals surface area contributed by atoms with Crippen LogP contribution in [-0.4, -0.2) is 58.2 Å². The highest BCUT2D eigenvalue weighted by molar-refractivity contribution is 14.1. The zero-order chi connectivity index (χ0) is 23.4. The molecular formula is C24H27IN4O3S. The summed E-state index contributed by atoms with van der Waals surface area (Å²) in [5.74, 6) is 0.663. The molecule has 4 heterocycles. The second-order valence-corrected chi connectivity index (χ2v) is 13.0. The number of alkyl halides is 1. The van der Waals surface area contributed by atoms with E-state index in [0.717, 1.165) is 37.2 Å². The third kappa shape index (κ3) is 4.18. The third-order valence-electron chi connectivity index (χ3n) is 6.99. The van der Waals surface area contributed by atoms with Gasteiger partial charge in [0.05, 0.1) is 29.0 Å². The number of anilines is 1. The molecule has 33 heavy (non-hydrogen) atoms. The first-order valence-corrected chi connectivity index (χ1v) is 14.5. The van der Waals surface area contributed by atoms with Gasteiger partial charge in [0.25, 0.3) is 0 Å². The Morgan fingerprint density at radius 2 is 2.12 bits per heavy atom. The van der Waals surface area contributed by atoms with Gasteiger partial charge in [-0.1, -0.05) is 48.6 Å². The lowest BCUT2D eigenvalue weighted by molar-refractivity contribution is 0.0867. The van der Waals surface area contributed by atoms with Crippen LogP contribution in [0.5, 0.6) is 0 Å². The summed E-state index contributed by atoms with van der Waals surface area (Å²) in [6.45, 7) is 5.51. The maximum atomic E-state index is 13.1. The average Bonchev–Trinajstić information content (AvgIpc) is 3.49. The average molecular weight is 578 g/mol. The predicted molar refractivity (Wildman–Crippen MR) is 139 cm³/mol. The number of sulfone groups is 1. The number of rotatable bonds is 5. The van der Waals surface area contributed by atoms with E-state index in [0.29, 0.717) is 38.4 Å². The highest BCUT2D eigenvalue weighted by Gasteiger charge is 2.46. The molecule has 1 N–H and O–H groups in total. The van der Waals surface area contributed by atoms with Crippen molar-refractivity contribution in [2.75, 3.05) is 33.9 Å². The zero-order valence-corrected chi connectivity index (χ0v) is 21.7. The van der Waals surface area contributed by atoms with Crippen LogP contribution in [0, 0.1) is 10.8 Å². The number of carbonyl (C=O) groups excluding carboxylic acids is 1. The molecule has 2 fully saturated rings. The van der Waals surface area contributed by atoms with Gasteiger partial charge in [0.15, 0.2) is 21.3 Å². The number of nitrogens with one attached hydrogen (secondary N) is 1. The number of hydrogen-bond donors (Lipinski definition) is 1. The van der Waals surface area contributed by atoms with E-state index >= 15 is 0 Å². The molecule has 1 unspecified atom stereocenters. The monoisotopic (exact) mass is 578 g/mol. The molecule has 0 aliphatic carbocycles. The minimum absolute atomic E-state index is 0.0530. The number of nitrogens with zero attached hydrogens (tertiary/aromatic N) is 3. The van der Waals surface area contributed by atoms with Gasteiger partial charge in [-0.3, -0.25) is 4.79 Å². The molecule has 2 aliphatic rings. The van der Waals surface area contributed by atoms with Gasteiger partial charge in [-0.2, -0.15) is 0 Å². The summed E-state index contributed by atoms with van der Waals surface area (Å²) in [5.41, 5.74) is 3.88. The zero-order valence-electron chi connectivity index (χ0n) is 18.8. The molecule has 1 aromatic carbocycles. The van der Waals surface area contributed by atoms with Crippen LogP contribution in [-0.2, 0) is 9.84 Å². The lowest BCUT2D eigenvalue weighted by Crippen LogP contribution is -2.28. The Morgan fingerprint density at radius 1 is 1.30 bits per heavy atom. The largest absolute Gasteiger partial charge is 0.371 e. The van der Waals surface area contributed by atoms with E-state index in [1.165, 1.54) is 0 Å². The van der Waals surface area contributed by atoms with Crippen LogP contribution in [0.1, 0.15) is 37.0 Å². The van der Waals surface area contributed by atoms with Gasteiger partial charge in [-0.15, -0.1) is 0 Å². The number of H-pyrrole nitrogens is 1. The second kappa shape index (κ2) is 8.04. The van der Waals surface area contributed by atoms with Crippen molar-refractivity contribution in [1.82, 2.24) is 15.0 Å². The molecule has 174 valence electrons. The number of aromatic amines is 1. The van der Waals surface area contributed by atoms with Crippen LogP contribution in [0.3, 0.4) is 0 Å². The Balaban J connectivity index is 1.45. The Labute approximate surface area is 207 Å². The van der Waals surface area contributed by atoms with Gasteiger partial charge in [0, 0.05) is 45.8 Å².